The minimum atomic E-state index is 0.915. The molecule has 0 aliphatic carbocycles. The molecule has 2 aromatic heterocycles. The molecule has 14 heavy (non-hydrogen) atoms. The maximum Gasteiger partial charge on any atom is 0.137 e. The van der Waals surface area contributed by atoms with Crippen LogP contribution >= 0.6 is 22.6 Å². The van der Waals surface area contributed by atoms with Crippen LogP contribution in [0.3, 0.4) is 0 Å². The molecule has 0 atom stereocenters. The van der Waals surface area contributed by atoms with E-state index in [0.29, 0.717) is 0 Å². The number of nitrogens with two attached hydrogens (primary N) is 1. The van der Waals surface area contributed by atoms with Gasteiger partial charge in [0.25, 0.3) is 0 Å². The Balaban J connectivity index is 2.79. The Morgan fingerprint density at radius 2 is 2.36 bits per heavy atom. The van der Waals surface area contributed by atoms with Gasteiger partial charge in [0.2, 0.25) is 0 Å². The van der Waals surface area contributed by atoms with Gasteiger partial charge in [-0.05, 0) is 41.6 Å². The molecule has 72 valence electrons. The number of hydrogen-bond donors (Lipinski definition) is 1. The van der Waals surface area contributed by atoms with Gasteiger partial charge in [0, 0.05) is 9.77 Å². The Bertz CT molecular complexity index is 501. The molecule has 0 aromatic carbocycles. The van der Waals surface area contributed by atoms with Crippen LogP contribution in [0, 0.1) is 10.5 Å². The Hall–Kier alpha value is -1.11. The van der Waals surface area contributed by atoms with E-state index in [4.69, 9.17) is 5.84 Å². The summed E-state index contributed by atoms with van der Waals surface area (Å²) in [5, 5.41) is 3.53. The lowest BCUT2D eigenvalue weighted by Gasteiger charge is -1.96. The van der Waals surface area contributed by atoms with Gasteiger partial charge in [0.05, 0.1) is 17.6 Å². The summed E-state index contributed by atoms with van der Waals surface area (Å²) in [6.45, 7) is 1.94. The minimum Gasteiger partial charge on any atom is -0.323 e. The summed E-state index contributed by atoms with van der Waals surface area (Å²) in [6, 6.07) is 3.99. The molecule has 0 aliphatic rings. The number of aryl methyl sites for hydroxylation is 1. The van der Waals surface area contributed by atoms with E-state index >= 15 is 0 Å². The van der Waals surface area contributed by atoms with Gasteiger partial charge in [-0.3, -0.25) is 4.40 Å². The molecular formula is C9H9IN4. The Morgan fingerprint density at radius 1 is 1.57 bits per heavy atom. The van der Waals surface area contributed by atoms with Crippen molar-refractivity contribution in [3.63, 3.8) is 0 Å². The Morgan fingerprint density at radius 3 is 3.07 bits per heavy atom. The van der Waals surface area contributed by atoms with Gasteiger partial charge in [-0.1, -0.05) is 0 Å². The third-order valence-electron chi connectivity index (χ3n) is 2.00. The zero-order valence-electron chi connectivity index (χ0n) is 7.61. The first-order valence-corrected chi connectivity index (χ1v) is 5.17. The quantitative estimate of drug-likeness (QED) is 0.376. The van der Waals surface area contributed by atoms with Gasteiger partial charge in [0.15, 0.2) is 0 Å². The zero-order valence-corrected chi connectivity index (χ0v) is 9.76. The molecule has 2 N–H and O–H groups in total. The van der Waals surface area contributed by atoms with Gasteiger partial charge in [-0.2, -0.15) is 5.10 Å². The van der Waals surface area contributed by atoms with E-state index < -0.39 is 0 Å². The number of imidazole rings is 1. The highest BCUT2D eigenvalue weighted by Crippen LogP contribution is 2.12. The first-order chi connectivity index (χ1) is 6.72. The summed E-state index contributed by atoms with van der Waals surface area (Å²) in [4.78, 5) is 4.39. The standard InChI is InChI=1S/C9H9IN4/c1-6-8(4-12-11)14-5-7(10)2-3-9(14)13-6/h2-5H,11H2,1H3/b12-4-. The molecule has 0 aliphatic heterocycles. The molecule has 4 nitrogen and oxygen atoms in total. The van der Waals surface area contributed by atoms with Gasteiger partial charge < -0.3 is 5.84 Å². The predicted molar refractivity (Wildman–Crippen MR) is 64.4 cm³/mol. The summed E-state index contributed by atoms with van der Waals surface area (Å²) in [5.74, 6) is 5.14. The lowest BCUT2D eigenvalue weighted by Crippen LogP contribution is -1.95. The van der Waals surface area contributed by atoms with Crippen molar-refractivity contribution in [3.05, 3.63) is 33.3 Å². The fourth-order valence-corrected chi connectivity index (χ4v) is 1.84. The van der Waals surface area contributed by atoms with E-state index in [0.717, 1.165) is 20.6 Å². The highest BCUT2D eigenvalue weighted by Gasteiger charge is 2.05. The maximum absolute atomic E-state index is 5.14. The SMILES string of the molecule is Cc1nc2ccc(I)cn2c1/C=N\N. The summed E-state index contributed by atoms with van der Waals surface area (Å²) < 4.78 is 3.13. The zero-order chi connectivity index (χ0) is 10.1. The van der Waals surface area contributed by atoms with Crippen molar-refractivity contribution in [2.24, 2.45) is 10.9 Å². The first-order valence-electron chi connectivity index (χ1n) is 4.10. The smallest absolute Gasteiger partial charge is 0.137 e. The van der Waals surface area contributed by atoms with Gasteiger partial charge >= 0.3 is 0 Å². The molecule has 0 spiro atoms. The van der Waals surface area contributed by atoms with E-state index in [-0.39, 0.29) is 0 Å². The molecule has 0 saturated carbocycles. The van der Waals surface area contributed by atoms with E-state index in [1.807, 2.05) is 29.7 Å². The number of halogens is 1. The van der Waals surface area contributed by atoms with Crippen LogP contribution in [0.25, 0.3) is 5.65 Å². The molecule has 0 radical (unpaired) electrons. The number of aromatic nitrogens is 2. The molecule has 0 saturated heterocycles. The van der Waals surface area contributed by atoms with Crippen LogP contribution in [0.5, 0.6) is 0 Å². The number of hydrogen-bond acceptors (Lipinski definition) is 3. The van der Waals surface area contributed by atoms with Crippen molar-refractivity contribution >= 4 is 34.5 Å². The average molecular weight is 300 g/mol. The largest absolute Gasteiger partial charge is 0.323 e. The number of fused-ring (bicyclic) bond motifs is 1. The van der Waals surface area contributed by atoms with Crippen molar-refractivity contribution in [1.29, 1.82) is 0 Å². The lowest BCUT2D eigenvalue weighted by molar-refractivity contribution is 1.14. The highest BCUT2D eigenvalue weighted by atomic mass is 127. The van der Waals surface area contributed by atoms with Crippen molar-refractivity contribution in [2.45, 2.75) is 6.92 Å². The van der Waals surface area contributed by atoms with Gasteiger partial charge in [-0.25, -0.2) is 4.98 Å². The van der Waals surface area contributed by atoms with E-state index in [2.05, 4.69) is 32.7 Å². The van der Waals surface area contributed by atoms with Crippen LogP contribution in [0.1, 0.15) is 11.4 Å². The van der Waals surface area contributed by atoms with Crippen molar-refractivity contribution < 1.29 is 0 Å². The van der Waals surface area contributed by atoms with E-state index in [1.54, 1.807) is 6.21 Å². The summed E-state index contributed by atoms with van der Waals surface area (Å²) in [7, 11) is 0. The van der Waals surface area contributed by atoms with Crippen LogP contribution in [-0.2, 0) is 0 Å². The second kappa shape index (κ2) is 3.56. The first kappa shape index (κ1) is 9.45. The molecule has 0 amide bonds. The van der Waals surface area contributed by atoms with Crippen molar-refractivity contribution in [3.8, 4) is 0 Å². The third kappa shape index (κ3) is 1.47. The van der Waals surface area contributed by atoms with Crippen molar-refractivity contribution in [2.75, 3.05) is 0 Å². The second-order valence-electron chi connectivity index (χ2n) is 2.94. The second-order valence-corrected chi connectivity index (χ2v) is 4.18. The van der Waals surface area contributed by atoms with Gasteiger partial charge in [-0.15, -0.1) is 0 Å². The van der Waals surface area contributed by atoms with Crippen LogP contribution in [0.4, 0.5) is 0 Å². The summed E-state index contributed by atoms with van der Waals surface area (Å²) >= 11 is 2.26. The topological polar surface area (TPSA) is 55.7 Å². The predicted octanol–water partition coefficient (Wildman–Crippen LogP) is 1.54. The molecule has 2 rings (SSSR count). The average Bonchev–Trinajstić information content (AvgIpc) is 2.45. The number of nitrogens with zero attached hydrogens (tertiary/aromatic N) is 3. The Labute approximate surface area is 95.0 Å². The molecule has 0 unspecified atom stereocenters. The molecule has 2 aromatic rings. The van der Waals surface area contributed by atoms with Crippen molar-refractivity contribution in [1.82, 2.24) is 9.38 Å². The van der Waals surface area contributed by atoms with E-state index in [1.165, 1.54) is 0 Å². The minimum absolute atomic E-state index is 0.915. The summed E-state index contributed by atoms with van der Waals surface area (Å²) in [5.41, 5.74) is 2.78. The van der Waals surface area contributed by atoms with E-state index in [9.17, 15) is 0 Å². The fourth-order valence-electron chi connectivity index (χ4n) is 1.38. The molecule has 0 bridgehead atoms. The monoisotopic (exact) mass is 300 g/mol. The van der Waals surface area contributed by atoms with Crippen LogP contribution in [0.15, 0.2) is 23.4 Å². The molecule has 5 heteroatoms. The maximum atomic E-state index is 5.14. The number of pyridine rings is 1. The number of hydrazone groups is 1. The summed E-state index contributed by atoms with van der Waals surface area (Å²) in [6.07, 6.45) is 3.62. The van der Waals surface area contributed by atoms with Crippen LogP contribution in [0.2, 0.25) is 0 Å². The third-order valence-corrected chi connectivity index (χ3v) is 2.64. The van der Waals surface area contributed by atoms with Crippen LogP contribution in [-0.4, -0.2) is 15.6 Å². The highest BCUT2D eigenvalue weighted by molar-refractivity contribution is 14.1. The Kier molecular flexibility index (Phi) is 2.40. The fraction of sp³-hybridized carbons (Fsp3) is 0.111. The molecular weight excluding hydrogens is 291 g/mol. The normalized spacial score (nSPS) is 11.6. The molecule has 0 fully saturated rings. The van der Waals surface area contributed by atoms with Gasteiger partial charge in [0.1, 0.15) is 5.65 Å². The lowest BCUT2D eigenvalue weighted by atomic mass is 10.4. The molecule has 2 heterocycles. The van der Waals surface area contributed by atoms with Crippen LogP contribution < -0.4 is 5.84 Å². The number of rotatable bonds is 1.